The third-order valence-corrected chi connectivity index (χ3v) is 7.87. The van der Waals surface area contributed by atoms with Crippen molar-refractivity contribution in [3.8, 4) is 5.75 Å². The third kappa shape index (κ3) is 7.03. The Kier molecular flexibility index (Phi) is 9.30. The fourth-order valence-corrected chi connectivity index (χ4v) is 5.22. The summed E-state index contributed by atoms with van der Waals surface area (Å²) >= 11 is 0. The molecule has 1 saturated carbocycles. The summed E-state index contributed by atoms with van der Waals surface area (Å²) in [6, 6.07) is 6.11. The van der Waals surface area contributed by atoms with Crippen LogP contribution in [0.1, 0.15) is 92.4 Å². The standard InChI is InChI=1S/C33H41F3N4O/c1-7-11-38-16-25-14-24(12-19(3)30(25)37)22(6)39-17-28(23-9-10-23)29-15-27-21(5)18-41-32(27)31(40-29)20(4)13-26(8-2)33(34,35)36/h8,12-16,21,23,28,39H,6-7,9-11,17-18,37H2,1-5H3/b20-13+,26-8+,38-16?. The van der Waals surface area contributed by atoms with Gasteiger partial charge < -0.3 is 15.8 Å². The van der Waals surface area contributed by atoms with Crippen LogP contribution in [0.3, 0.4) is 0 Å². The Morgan fingerprint density at radius 3 is 2.66 bits per heavy atom. The number of nitrogen functional groups attached to an aromatic ring is 1. The summed E-state index contributed by atoms with van der Waals surface area (Å²) in [5, 5.41) is 3.53. The van der Waals surface area contributed by atoms with E-state index in [4.69, 9.17) is 15.5 Å². The van der Waals surface area contributed by atoms with Crippen LogP contribution < -0.4 is 15.8 Å². The van der Waals surface area contributed by atoms with Crippen molar-refractivity contribution in [2.45, 2.75) is 71.9 Å². The van der Waals surface area contributed by atoms with E-state index in [1.54, 1.807) is 6.92 Å². The molecule has 4 rings (SSSR count). The van der Waals surface area contributed by atoms with Gasteiger partial charge in [0, 0.05) is 59.3 Å². The molecule has 0 saturated heterocycles. The number of nitrogens with zero attached hydrogens (tertiary/aromatic N) is 2. The third-order valence-electron chi connectivity index (χ3n) is 7.87. The van der Waals surface area contributed by atoms with Gasteiger partial charge in [0.2, 0.25) is 0 Å². The normalized spacial score (nSPS) is 18.4. The Hall–Kier alpha value is -3.55. The Labute approximate surface area is 241 Å². The molecular formula is C33H41F3N4O. The van der Waals surface area contributed by atoms with Crippen molar-refractivity contribution in [3.05, 3.63) is 76.1 Å². The maximum Gasteiger partial charge on any atom is 0.416 e. The molecule has 1 aromatic carbocycles. The highest BCUT2D eigenvalue weighted by Crippen LogP contribution is 2.46. The predicted molar refractivity (Wildman–Crippen MR) is 162 cm³/mol. The van der Waals surface area contributed by atoms with Gasteiger partial charge in [0.15, 0.2) is 0 Å². The molecule has 1 aliphatic heterocycles. The number of aliphatic imine (C=N–C) groups is 1. The zero-order chi connectivity index (χ0) is 29.9. The lowest BCUT2D eigenvalue weighted by Gasteiger charge is -2.22. The second kappa shape index (κ2) is 12.5. The lowest BCUT2D eigenvalue weighted by atomic mass is 9.93. The topological polar surface area (TPSA) is 72.5 Å². The lowest BCUT2D eigenvalue weighted by molar-refractivity contribution is -0.0882. The smallest absolute Gasteiger partial charge is 0.416 e. The van der Waals surface area contributed by atoms with Crippen LogP contribution in [0, 0.1) is 12.8 Å². The molecule has 0 amide bonds. The van der Waals surface area contributed by atoms with E-state index in [0.29, 0.717) is 41.8 Å². The fraction of sp³-hybridized carbons (Fsp3) is 0.455. The highest BCUT2D eigenvalue weighted by molar-refractivity contribution is 5.89. The number of anilines is 1. The minimum atomic E-state index is -4.44. The predicted octanol–water partition coefficient (Wildman–Crippen LogP) is 7.96. The van der Waals surface area contributed by atoms with Gasteiger partial charge in [0.1, 0.15) is 11.4 Å². The number of fused-ring (bicyclic) bond motifs is 1. The maximum atomic E-state index is 13.5. The summed E-state index contributed by atoms with van der Waals surface area (Å²) in [7, 11) is 0. The number of pyridine rings is 1. The molecule has 2 unspecified atom stereocenters. The molecule has 0 radical (unpaired) electrons. The maximum absolute atomic E-state index is 13.5. The van der Waals surface area contributed by atoms with Crippen molar-refractivity contribution in [2.24, 2.45) is 10.9 Å². The van der Waals surface area contributed by atoms with Crippen molar-refractivity contribution >= 4 is 23.2 Å². The highest BCUT2D eigenvalue weighted by atomic mass is 19.4. The fourth-order valence-electron chi connectivity index (χ4n) is 5.22. The van der Waals surface area contributed by atoms with Crippen LogP contribution in [0.2, 0.25) is 0 Å². The van der Waals surface area contributed by atoms with E-state index >= 15 is 0 Å². The number of rotatable bonds is 11. The van der Waals surface area contributed by atoms with Gasteiger partial charge in [0.05, 0.1) is 12.2 Å². The zero-order valence-electron chi connectivity index (χ0n) is 24.7. The van der Waals surface area contributed by atoms with Gasteiger partial charge in [-0.25, -0.2) is 4.98 Å². The lowest BCUT2D eigenvalue weighted by Crippen LogP contribution is -2.23. The Morgan fingerprint density at radius 2 is 2.02 bits per heavy atom. The Balaban J connectivity index is 1.63. The van der Waals surface area contributed by atoms with Gasteiger partial charge in [-0.3, -0.25) is 4.99 Å². The highest BCUT2D eigenvalue weighted by Gasteiger charge is 2.36. The molecule has 8 heteroatoms. The minimum absolute atomic E-state index is 0.0840. The minimum Gasteiger partial charge on any atom is -0.490 e. The first-order chi connectivity index (χ1) is 19.4. The summed E-state index contributed by atoms with van der Waals surface area (Å²) in [5.74, 6) is 1.26. The number of benzene rings is 1. The number of alkyl halides is 3. The molecule has 41 heavy (non-hydrogen) atoms. The second-order valence-electron chi connectivity index (χ2n) is 11.2. The molecular weight excluding hydrogens is 525 g/mol. The average Bonchev–Trinajstić information content (AvgIpc) is 3.70. The molecule has 3 N–H and O–H groups in total. The largest absolute Gasteiger partial charge is 0.490 e. The molecule has 2 heterocycles. The molecule has 220 valence electrons. The van der Waals surface area contributed by atoms with Crippen molar-refractivity contribution in [2.75, 3.05) is 25.4 Å². The Morgan fingerprint density at radius 1 is 1.29 bits per heavy atom. The van der Waals surface area contributed by atoms with Crippen LogP contribution in [0.15, 0.2) is 47.5 Å². The second-order valence-corrected chi connectivity index (χ2v) is 11.2. The summed E-state index contributed by atoms with van der Waals surface area (Å²) in [4.78, 5) is 9.41. The van der Waals surface area contributed by atoms with Crippen molar-refractivity contribution in [3.63, 3.8) is 0 Å². The number of allylic oxidation sites excluding steroid dienone is 4. The summed E-state index contributed by atoms with van der Waals surface area (Å²) < 4.78 is 46.5. The molecule has 1 aliphatic carbocycles. The van der Waals surface area contributed by atoms with Crippen LogP contribution in [0.4, 0.5) is 18.9 Å². The van der Waals surface area contributed by atoms with Crippen LogP contribution in [0.25, 0.3) is 11.3 Å². The summed E-state index contributed by atoms with van der Waals surface area (Å²) in [6.07, 6.45) is 2.77. The molecule has 0 bridgehead atoms. The quantitative estimate of drug-likeness (QED) is 0.164. The Bertz CT molecular complexity index is 1390. The zero-order valence-corrected chi connectivity index (χ0v) is 24.7. The van der Waals surface area contributed by atoms with Gasteiger partial charge in [-0.05, 0) is 86.9 Å². The number of hydrogen-bond donors (Lipinski definition) is 2. The van der Waals surface area contributed by atoms with E-state index in [1.165, 1.54) is 6.92 Å². The first-order valence-electron chi connectivity index (χ1n) is 14.4. The van der Waals surface area contributed by atoms with E-state index in [1.807, 2.05) is 25.3 Å². The van der Waals surface area contributed by atoms with Gasteiger partial charge in [-0.15, -0.1) is 0 Å². The van der Waals surface area contributed by atoms with Crippen LogP contribution in [-0.4, -0.2) is 37.1 Å². The number of aryl methyl sites for hydroxylation is 1. The molecule has 0 spiro atoms. The van der Waals surface area contributed by atoms with E-state index in [0.717, 1.165) is 71.6 Å². The number of nitrogens with two attached hydrogens (primary N) is 1. The number of hydrogen-bond acceptors (Lipinski definition) is 5. The van der Waals surface area contributed by atoms with Gasteiger partial charge in [-0.1, -0.05) is 26.5 Å². The summed E-state index contributed by atoms with van der Waals surface area (Å²) in [6.45, 7) is 15.3. The summed E-state index contributed by atoms with van der Waals surface area (Å²) in [5.41, 5.74) is 12.7. The van der Waals surface area contributed by atoms with Crippen LogP contribution in [-0.2, 0) is 0 Å². The van der Waals surface area contributed by atoms with Gasteiger partial charge >= 0.3 is 6.18 Å². The number of halogens is 3. The van der Waals surface area contributed by atoms with E-state index in [9.17, 15) is 13.2 Å². The molecule has 1 aromatic heterocycles. The molecule has 2 aromatic rings. The van der Waals surface area contributed by atoms with Crippen molar-refractivity contribution in [1.29, 1.82) is 0 Å². The van der Waals surface area contributed by atoms with Crippen molar-refractivity contribution < 1.29 is 17.9 Å². The number of nitrogens with one attached hydrogen (secondary N) is 1. The van der Waals surface area contributed by atoms with Crippen LogP contribution >= 0.6 is 0 Å². The monoisotopic (exact) mass is 566 g/mol. The number of aromatic nitrogens is 1. The molecule has 2 atom stereocenters. The van der Waals surface area contributed by atoms with Crippen LogP contribution in [0.5, 0.6) is 5.75 Å². The first kappa shape index (κ1) is 30.4. The van der Waals surface area contributed by atoms with E-state index in [-0.39, 0.29) is 11.8 Å². The molecule has 1 fully saturated rings. The number of ether oxygens (including phenoxy) is 1. The molecule has 2 aliphatic rings. The SMILES string of the molecule is C=C(NCC(c1cc2c(c(/C(C)=C/C(=C\C)C(F)(F)F)n1)OCC2C)C1CC1)c1cc(C)c(N)c(C=NCCC)c1. The van der Waals surface area contributed by atoms with Gasteiger partial charge in [-0.2, -0.15) is 13.2 Å². The van der Waals surface area contributed by atoms with E-state index < -0.39 is 11.7 Å². The van der Waals surface area contributed by atoms with E-state index in [2.05, 4.69) is 36.8 Å². The van der Waals surface area contributed by atoms with Crippen molar-refractivity contribution in [1.82, 2.24) is 10.3 Å². The first-order valence-corrected chi connectivity index (χ1v) is 14.4. The van der Waals surface area contributed by atoms with Gasteiger partial charge in [0.25, 0.3) is 0 Å². The molecule has 5 nitrogen and oxygen atoms in total. The average molecular weight is 567 g/mol.